The lowest BCUT2D eigenvalue weighted by molar-refractivity contribution is -0.153. The van der Waals surface area contributed by atoms with Crippen LogP contribution in [0.5, 0.6) is 11.5 Å². The number of hydrogen-bond donors (Lipinski definition) is 1. The van der Waals surface area contributed by atoms with E-state index in [1.54, 1.807) is 55.5 Å². The first-order chi connectivity index (χ1) is 12.0. The van der Waals surface area contributed by atoms with Gasteiger partial charge < -0.3 is 19.5 Å². The van der Waals surface area contributed by atoms with Gasteiger partial charge in [-0.1, -0.05) is 28.1 Å². The Balaban J connectivity index is 1.82. The fraction of sp³-hybridized carbons (Fsp3) is 0.222. The second kappa shape index (κ2) is 9.08. The lowest BCUT2D eigenvalue weighted by Crippen LogP contribution is -2.29. The second-order valence-corrected chi connectivity index (χ2v) is 5.99. The Kier molecular flexibility index (Phi) is 6.82. The predicted molar refractivity (Wildman–Crippen MR) is 96.8 cm³/mol. The van der Waals surface area contributed by atoms with Crippen molar-refractivity contribution in [3.05, 3.63) is 53.0 Å². The Bertz CT molecular complexity index is 733. The van der Waals surface area contributed by atoms with Crippen LogP contribution in [-0.2, 0) is 14.3 Å². The van der Waals surface area contributed by atoms with Crippen LogP contribution in [0.15, 0.2) is 53.0 Å². The summed E-state index contributed by atoms with van der Waals surface area (Å²) >= 11 is 3.32. The number of esters is 1. The van der Waals surface area contributed by atoms with E-state index in [4.69, 9.17) is 14.2 Å². The number of hydrogen-bond acceptors (Lipinski definition) is 5. The average Bonchev–Trinajstić information content (AvgIpc) is 2.62. The van der Waals surface area contributed by atoms with Crippen LogP contribution >= 0.6 is 15.9 Å². The molecule has 132 valence electrons. The molecule has 0 aliphatic rings. The molecule has 1 atom stereocenters. The molecule has 0 aliphatic heterocycles. The molecule has 0 saturated carbocycles. The number of rotatable bonds is 7. The number of para-hydroxylation sites is 2. The second-order valence-electron chi connectivity index (χ2n) is 5.07. The highest BCUT2D eigenvalue weighted by atomic mass is 79.9. The van der Waals surface area contributed by atoms with Gasteiger partial charge in [0.15, 0.2) is 12.7 Å². The van der Waals surface area contributed by atoms with Crippen LogP contribution < -0.4 is 14.8 Å². The minimum absolute atomic E-state index is 0.412. The van der Waals surface area contributed by atoms with Crippen molar-refractivity contribution in [3.63, 3.8) is 0 Å². The summed E-state index contributed by atoms with van der Waals surface area (Å²) < 4.78 is 16.5. The van der Waals surface area contributed by atoms with Crippen molar-refractivity contribution in [2.24, 2.45) is 0 Å². The molecule has 7 heteroatoms. The summed E-state index contributed by atoms with van der Waals surface area (Å²) in [5.74, 6) is -0.0352. The number of halogens is 1. The van der Waals surface area contributed by atoms with Crippen LogP contribution in [0.25, 0.3) is 0 Å². The summed E-state index contributed by atoms with van der Waals surface area (Å²) in [7, 11) is 1.51. The smallest absolute Gasteiger partial charge is 0.347 e. The van der Waals surface area contributed by atoms with Crippen LogP contribution in [0.1, 0.15) is 6.92 Å². The summed E-state index contributed by atoms with van der Waals surface area (Å²) in [5, 5.41) is 2.62. The average molecular weight is 408 g/mol. The maximum Gasteiger partial charge on any atom is 0.347 e. The summed E-state index contributed by atoms with van der Waals surface area (Å²) in [4.78, 5) is 23.8. The standard InChI is InChI=1S/C18H18BrNO5/c1-12(25-14-9-7-13(19)8-10-14)18(22)24-11-17(21)20-15-5-3-4-6-16(15)23-2/h3-10,12H,11H2,1-2H3,(H,20,21)/t12-/m1/s1. The molecule has 0 radical (unpaired) electrons. The molecule has 2 aromatic rings. The van der Waals surface area contributed by atoms with Crippen molar-refractivity contribution in [2.45, 2.75) is 13.0 Å². The number of amides is 1. The van der Waals surface area contributed by atoms with Crippen molar-refractivity contribution < 1.29 is 23.8 Å². The minimum Gasteiger partial charge on any atom is -0.495 e. The van der Waals surface area contributed by atoms with E-state index in [0.717, 1.165) is 4.47 Å². The number of carbonyl (C=O) groups is 2. The molecule has 2 rings (SSSR count). The molecular weight excluding hydrogens is 390 g/mol. The molecule has 2 aromatic carbocycles. The quantitative estimate of drug-likeness (QED) is 0.711. The lowest BCUT2D eigenvalue weighted by atomic mass is 10.3. The summed E-state index contributed by atoms with van der Waals surface area (Å²) in [6, 6.07) is 14.0. The summed E-state index contributed by atoms with van der Waals surface area (Å²) in [6.45, 7) is 1.15. The third kappa shape index (κ3) is 5.79. The molecule has 0 aliphatic carbocycles. The van der Waals surface area contributed by atoms with Crippen LogP contribution in [0.4, 0.5) is 5.69 Å². The zero-order chi connectivity index (χ0) is 18.2. The zero-order valence-corrected chi connectivity index (χ0v) is 15.4. The van der Waals surface area contributed by atoms with Gasteiger partial charge in [0.25, 0.3) is 5.91 Å². The SMILES string of the molecule is COc1ccccc1NC(=O)COC(=O)[C@@H](C)Oc1ccc(Br)cc1. The summed E-state index contributed by atoms with van der Waals surface area (Å²) in [6.07, 6.45) is -0.833. The van der Waals surface area contributed by atoms with Gasteiger partial charge in [0.05, 0.1) is 12.8 Å². The molecule has 25 heavy (non-hydrogen) atoms. The first-order valence-electron chi connectivity index (χ1n) is 7.51. The van der Waals surface area contributed by atoms with E-state index in [2.05, 4.69) is 21.2 Å². The van der Waals surface area contributed by atoms with Crippen molar-refractivity contribution in [1.29, 1.82) is 0 Å². The largest absolute Gasteiger partial charge is 0.495 e. The molecule has 0 heterocycles. The van der Waals surface area contributed by atoms with Crippen LogP contribution in [0.2, 0.25) is 0 Å². The number of methoxy groups -OCH3 is 1. The number of nitrogens with one attached hydrogen (secondary N) is 1. The highest BCUT2D eigenvalue weighted by molar-refractivity contribution is 9.10. The van der Waals surface area contributed by atoms with Gasteiger partial charge in [-0.2, -0.15) is 0 Å². The highest BCUT2D eigenvalue weighted by Crippen LogP contribution is 2.22. The van der Waals surface area contributed by atoms with E-state index >= 15 is 0 Å². The molecule has 1 N–H and O–H groups in total. The van der Waals surface area contributed by atoms with Gasteiger partial charge in [0.1, 0.15) is 11.5 Å². The highest BCUT2D eigenvalue weighted by Gasteiger charge is 2.18. The summed E-state index contributed by atoms with van der Waals surface area (Å²) in [5.41, 5.74) is 0.505. The molecular formula is C18H18BrNO5. The monoisotopic (exact) mass is 407 g/mol. The number of ether oxygens (including phenoxy) is 3. The van der Waals surface area contributed by atoms with E-state index in [9.17, 15) is 9.59 Å². The number of benzene rings is 2. The van der Waals surface area contributed by atoms with Gasteiger partial charge in [0.2, 0.25) is 0 Å². The molecule has 6 nitrogen and oxygen atoms in total. The molecule has 0 aromatic heterocycles. The molecule has 0 spiro atoms. The Labute approximate surface area is 154 Å². The molecule has 0 saturated heterocycles. The van der Waals surface area contributed by atoms with Crippen molar-refractivity contribution in [1.82, 2.24) is 0 Å². The fourth-order valence-electron chi connectivity index (χ4n) is 1.95. The normalized spacial score (nSPS) is 11.3. The minimum atomic E-state index is -0.833. The zero-order valence-electron chi connectivity index (χ0n) is 13.8. The van der Waals surface area contributed by atoms with Gasteiger partial charge in [-0.05, 0) is 43.3 Å². The maximum atomic E-state index is 11.9. The van der Waals surface area contributed by atoms with Gasteiger partial charge in [-0.3, -0.25) is 4.79 Å². The van der Waals surface area contributed by atoms with Gasteiger partial charge in [-0.15, -0.1) is 0 Å². The van der Waals surface area contributed by atoms with Crippen molar-refractivity contribution in [3.8, 4) is 11.5 Å². The fourth-order valence-corrected chi connectivity index (χ4v) is 2.22. The Morgan fingerprint density at radius 3 is 2.48 bits per heavy atom. The number of carbonyl (C=O) groups excluding carboxylic acids is 2. The molecule has 0 fully saturated rings. The first-order valence-corrected chi connectivity index (χ1v) is 8.30. The third-order valence-electron chi connectivity index (χ3n) is 3.19. The Morgan fingerprint density at radius 1 is 1.12 bits per heavy atom. The van der Waals surface area contributed by atoms with E-state index in [1.165, 1.54) is 7.11 Å². The number of anilines is 1. The lowest BCUT2D eigenvalue weighted by Gasteiger charge is -2.14. The topological polar surface area (TPSA) is 73.9 Å². The van der Waals surface area contributed by atoms with Gasteiger partial charge in [0, 0.05) is 4.47 Å². The van der Waals surface area contributed by atoms with E-state index in [0.29, 0.717) is 17.2 Å². The van der Waals surface area contributed by atoms with Crippen LogP contribution in [0.3, 0.4) is 0 Å². The van der Waals surface area contributed by atoms with Crippen molar-refractivity contribution in [2.75, 3.05) is 19.0 Å². The van der Waals surface area contributed by atoms with Crippen molar-refractivity contribution >= 4 is 33.5 Å². The van der Waals surface area contributed by atoms with Gasteiger partial charge >= 0.3 is 5.97 Å². The predicted octanol–water partition coefficient (Wildman–Crippen LogP) is 3.41. The third-order valence-corrected chi connectivity index (χ3v) is 3.71. The van der Waals surface area contributed by atoms with E-state index in [-0.39, 0.29) is 0 Å². The Hall–Kier alpha value is -2.54. The van der Waals surface area contributed by atoms with Crippen LogP contribution in [-0.4, -0.2) is 31.7 Å². The molecule has 0 unspecified atom stereocenters. The van der Waals surface area contributed by atoms with Gasteiger partial charge in [-0.25, -0.2) is 4.79 Å². The molecule has 1 amide bonds. The van der Waals surface area contributed by atoms with E-state index in [1.807, 2.05) is 0 Å². The Morgan fingerprint density at radius 2 is 1.80 bits per heavy atom. The van der Waals surface area contributed by atoms with Crippen LogP contribution in [0, 0.1) is 0 Å². The first kappa shape index (κ1) is 18.8. The van der Waals surface area contributed by atoms with E-state index < -0.39 is 24.6 Å². The maximum absolute atomic E-state index is 11.9. The molecule has 0 bridgehead atoms.